The van der Waals surface area contributed by atoms with E-state index in [0.717, 1.165) is 5.56 Å². The Hall–Kier alpha value is -1.84. The zero-order valence-corrected chi connectivity index (χ0v) is 10.2. The molecule has 4 nitrogen and oxygen atoms in total. The van der Waals surface area contributed by atoms with E-state index in [1.54, 1.807) is 6.92 Å². The summed E-state index contributed by atoms with van der Waals surface area (Å²) in [6.07, 6.45) is -0.00892. The van der Waals surface area contributed by atoms with Crippen molar-refractivity contribution >= 4 is 11.8 Å². The Morgan fingerprint density at radius 3 is 2.65 bits per heavy atom. The lowest BCUT2D eigenvalue weighted by molar-refractivity contribution is -0.120. The molecular formula is C13H18N2O2. The lowest BCUT2D eigenvalue weighted by Gasteiger charge is -2.14. The molecule has 0 saturated heterocycles. The van der Waals surface area contributed by atoms with E-state index in [2.05, 4.69) is 5.32 Å². The minimum absolute atomic E-state index is 0.00487. The number of benzene rings is 1. The van der Waals surface area contributed by atoms with Crippen LogP contribution in [0.1, 0.15) is 31.9 Å². The van der Waals surface area contributed by atoms with Gasteiger partial charge in [0.2, 0.25) is 5.91 Å². The van der Waals surface area contributed by atoms with Crippen molar-refractivity contribution in [2.24, 2.45) is 0 Å². The van der Waals surface area contributed by atoms with Crippen LogP contribution in [0, 0.1) is 5.41 Å². The van der Waals surface area contributed by atoms with E-state index >= 15 is 0 Å². The van der Waals surface area contributed by atoms with E-state index in [1.165, 1.54) is 0 Å². The number of ether oxygens (including phenoxy) is 1. The second-order valence-corrected chi connectivity index (χ2v) is 3.73. The van der Waals surface area contributed by atoms with Crippen LogP contribution in [0.2, 0.25) is 0 Å². The minimum Gasteiger partial charge on any atom is -0.481 e. The van der Waals surface area contributed by atoms with Gasteiger partial charge in [-0.2, -0.15) is 0 Å². The zero-order chi connectivity index (χ0) is 12.7. The first-order chi connectivity index (χ1) is 8.13. The molecule has 0 fully saturated rings. The van der Waals surface area contributed by atoms with E-state index in [4.69, 9.17) is 10.1 Å². The van der Waals surface area contributed by atoms with Crippen LogP contribution in [-0.4, -0.2) is 18.4 Å². The number of rotatable bonds is 5. The summed E-state index contributed by atoms with van der Waals surface area (Å²) in [5, 5.41) is 10.2. The van der Waals surface area contributed by atoms with Gasteiger partial charge in [-0.25, -0.2) is 0 Å². The SMILES string of the molecule is CCOC(=N)CC(=O)N[C@@H](C)c1ccccc1. The molecular weight excluding hydrogens is 216 g/mol. The van der Waals surface area contributed by atoms with Gasteiger partial charge >= 0.3 is 0 Å². The summed E-state index contributed by atoms with van der Waals surface area (Å²) in [5.41, 5.74) is 1.05. The van der Waals surface area contributed by atoms with Crippen LogP contribution in [0.25, 0.3) is 0 Å². The summed E-state index contributed by atoms with van der Waals surface area (Å²) in [6, 6.07) is 9.65. The number of hydrogen-bond donors (Lipinski definition) is 2. The fraction of sp³-hybridized carbons (Fsp3) is 0.385. The maximum atomic E-state index is 11.6. The van der Waals surface area contributed by atoms with Crippen LogP contribution in [0.15, 0.2) is 30.3 Å². The molecule has 0 aromatic heterocycles. The van der Waals surface area contributed by atoms with Crippen LogP contribution in [0.4, 0.5) is 0 Å². The number of nitrogens with one attached hydrogen (secondary N) is 2. The molecule has 1 aromatic rings. The molecule has 0 spiro atoms. The van der Waals surface area contributed by atoms with E-state index in [9.17, 15) is 4.79 Å². The molecule has 1 atom stereocenters. The highest BCUT2D eigenvalue weighted by molar-refractivity contribution is 5.95. The Morgan fingerprint density at radius 1 is 1.41 bits per heavy atom. The van der Waals surface area contributed by atoms with Gasteiger partial charge in [0.05, 0.1) is 12.6 Å². The molecule has 92 valence electrons. The minimum atomic E-state index is -0.195. The van der Waals surface area contributed by atoms with Crippen molar-refractivity contribution in [2.75, 3.05) is 6.61 Å². The van der Waals surface area contributed by atoms with Crippen molar-refractivity contribution in [1.82, 2.24) is 5.32 Å². The molecule has 0 unspecified atom stereocenters. The number of hydrogen-bond acceptors (Lipinski definition) is 3. The average molecular weight is 234 g/mol. The lowest BCUT2D eigenvalue weighted by atomic mass is 10.1. The third kappa shape index (κ3) is 4.68. The highest BCUT2D eigenvalue weighted by Crippen LogP contribution is 2.11. The molecule has 0 saturated carbocycles. The first kappa shape index (κ1) is 13.2. The van der Waals surface area contributed by atoms with Gasteiger partial charge in [0.25, 0.3) is 0 Å². The van der Waals surface area contributed by atoms with Gasteiger partial charge in [0.15, 0.2) is 5.90 Å². The normalized spacial score (nSPS) is 11.6. The van der Waals surface area contributed by atoms with E-state index in [1.807, 2.05) is 37.3 Å². The molecule has 0 bridgehead atoms. The van der Waals surface area contributed by atoms with Crippen molar-refractivity contribution in [1.29, 1.82) is 5.41 Å². The maximum absolute atomic E-state index is 11.6. The Labute approximate surface area is 101 Å². The molecule has 0 radical (unpaired) electrons. The van der Waals surface area contributed by atoms with Crippen molar-refractivity contribution < 1.29 is 9.53 Å². The first-order valence-electron chi connectivity index (χ1n) is 5.68. The molecule has 4 heteroatoms. The average Bonchev–Trinajstić information content (AvgIpc) is 2.30. The van der Waals surface area contributed by atoms with Gasteiger partial charge in [-0.05, 0) is 19.4 Å². The van der Waals surface area contributed by atoms with Gasteiger partial charge in [-0.3, -0.25) is 10.2 Å². The Morgan fingerprint density at radius 2 is 2.06 bits per heavy atom. The van der Waals surface area contributed by atoms with Crippen molar-refractivity contribution in [2.45, 2.75) is 26.3 Å². The second-order valence-electron chi connectivity index (χ2n) is 3.73. The predicted octanol–water partition coefficient (Wildman–Crippen LogP) is 2.27. The fourth-order valence-electron chi connectivity index (χ4n) is 1.49. The maximum Gasteiger partial charge on any atom is 0.229 e. The monoisotopic (exact) mass is 234 g/mol. The van der Waals surface area contributed by atoms with Crippen LogP contribution in [0.3, 0.4) is 0 Å². The van der Waals surface area contributed by atoms with Crippen molar-refractivity contribution in [3.05, 3.63) is 35.9 Å². The quantitative estimate of drug-likeness (QED) is 0.606. The van der Waals surface area contributed by atoms with Crippen LogP contribution >= 0.6 is 0 Å². The number of carbonyl (C=O) groups is 1. The molecule has 2 N–H and O–H groups in total. The summed E-state index contributed by atoms with van der Waals surface area (Å²) >= 11 is 0. The summed E-state index contributed by atoms with van der Waals surface area (Å²) in [5.74, 6) is -0.190. The Bertz CT molecular complexity index is 376. The topological polar surface area (TPSA) is 62.2 Å². The molecule has 1 amide bonds. The van der Waals surface area contributed by atoms with Gasteiger partial charge in [-0.1, -0.05) is 30.3 Å². The standard InChI is InChI=1S/C13H18N2O2/c1-3-17-12(14)9-13(16)15-10(2)11-7-5-4-6-8-11/h4-8,10,14H,3,9H2,1-2H3,(H,15,16)/t10-/m0/s1. The number of carbonyl (C=O) groups excluding carboxylic acids is 1. The third-order valence-electron chi connectivity index (χ3n) is 2.32. The highest BCUT2D eigenvalue weighted by atomic mass is 16.5. The van der Waals surface area contributed by atoms with Gasteiger partial charge in [0.1, 0.15) is 6.42 Å². The number of amides is 1. The van der Waals surface area contributed by atoms with Crippen LogP contribution < -0.4 is 5.32 Å². The van der Waals surface area contributed by atoms with E-state index < -0.39 is 0 Å². The van der Waals surface area contributed by atoms with E-state index in [-0.39, 0.29) is 24.3 Å². The Kier molecular flexibility index (Phi) is 5.20. The fourth-order valence-corrected chi connectivity index (χ4v) is 1.49. The summed E-state index contributed by atoms with van der Waals surface area (Å²) < 4.78 is 4.92. The van der Waals surface area contributed by atoms with Crippen molar-refractivity contribution in [3.63, 3.8) is 0 Å². The van der Waals surface area contributed by atoms with Crippen LogP contribution in [0.5, 0.6) is 0 Å². The van der Waals surface area contributed by atoms with Crippen molar-refractivity contribution in [3.8, 4) is 0 Å². The van der Waals surface area contributed by atoms with Crippen LogP contribution in [-0.2, 0) is 9.53 Å². The molecule has 1 rings (SSSR count). The summed E-state index contributed by atoms with van der Waals surface area (Å²) in [6.45, 7) is 4.12. The van der Waals surface area contributed by atoms with Gasteiger partial charge in [0, 0.05) is 0 Å². The first-order valence-corrected chi connectivity index (χ1v) is 5.68. The molecule has 17 heavy (non-hydrogen) atoms. The molecule has 0 aliphatic rings. The van der Waals surface area contributed by atoms with E-state index in [0.29, 0.717) is 6.61 Å². The molecule has 0 aliphatic carbocycles. The predicted molar refractivity (Wildman–Crippen MR) is 67.0 cm³/mol. The van der Waals surface area contributed by atoms with Gasteiger partial charge in [-0.15, -0.1) is 0 Å². The highest BCUT2D eigenvalue weighted by Gasteiger charge is 2.11. The zero-order valence-electron chi connectivity index (χ0n) is 10.2. The third-order valence-corrected chi connectivity index (χ3v) is 2.32. The molecule has 0 heterocycles. The lowest BCUT2D eigenvalue weighted by Crippen LogP contribution is -2.28. The largest absolute Gasteiger partial charge is 0.481 e. The second kappa shape index (κ2) is 6.68. The Balaban J connectivity index is 2.44. The van der Waals surface area contributed by atoms with Gasteiger partial charge < -0.3 is 10.1 Å². The summed E-state index contributed by atoms with van der Waals surface area (Å²) in [7, 11) is 0. The molecule has 1 aromatic carbocycles. The smallest absolute Gasteiger partial charge is 0.229 e. The summed E-state index contributed by atoms with van der Waals surface area (Å²) in [4.78, 5) is 11.6. The molecule has 0 aliphatic heterocycles.